The number of pyridine rings is 1. The molecule has 0 fully saturated rings. The maximum atomic E-state index is 8.70. The summed E-state index contributed by atoms with van der Waals surface area (Å²) in [5.41, 5.74) is 2.58. The van der Waals surface area contributed by atoms with E-state index in [0.29, 0.717) is 11.5 Å². The maximum Gasteiger partial charge on any atom is 0.101 e. The molecule has 0 aliphatic heterocycles. The molecule has 68 valence electrons. The van der Waals surface area contributed by atoms with Crippen LogP contribution in [0.3, 0.4) is 0 Å². The second-order valence-electron chi connectivity index (χ2n) is 3.65. The highest BCUT2D eigenvalue weighted by Crippen LogP contribution is 2.09. The van der Waals surface area contributed by atoms with E-state index in [1.165, 1.54) is 0 Å². The average Bonchev–Trinajstić information content (AvgIpc) is 2.03. The zero-order valence-electron chi connectivity index (χ0n) is 8.33. The first-order chi connectivity index (χ1) is 6.13. The van der Waals surface area contributed by atoms with Crippen molar-refractivity contribution in [3.05, 3.63) is 29.1 Å². The van der Waals surface area contributed by atoms with Crippen LogP contribution in [0.4, 0.5) is 0 Å². The fourth-order valence-corrected chi connectivity index (χ4v) is 1.26. The van der Waals surface area contributed by atoms with E-state index in [2.05, 4.69) is 24.9 Å². The molecule has 2 nitrogen and oxygen atoms in total. The second kappa shape index (κ2) is 4.04. The molecule has 1 aromatic rings. The third kappa shape index (κ3) is 2.55. The lowest BCUT2D eigenvalue weighted by atomic mass is 10.1. The third-order valence-corrected chi connectivity index (χ3v) is 1.88. The summed E-state index contributed by atoms with van der Waals surface area (Å²) in [6, 6.07) is 5.90. The Labute approximate surface area is 79.2 Å². The molecule has 13 heavy (non-hydrogen) atoms. The molecule has 0 unspecified atom stereocenters. The monoisotopic (exact) mass is 174 g/mol. The Bertz CT molecular complexity index is 334. The van der Waals surface area contributed by atoms with Gasteiger partial charge in [-0.05, 0) is 31.4 Å². The Balaban J connectivity index is 2.91. The lowest BCUT2D eigenvalue weighted by Crippen LogP contribution is -1.99. The van der Waals surface area contributed by atoms with Gasteiger partial charge in [-0.25, -0.2) is 0 Å². The van der Waals surface area contributed by atoms with Crippen LogP contribution in [0.2, 0.25) is 0 Å². The predicted octanol–water partition coefficient (Wildman–Crippen LogP) is 2.46. The summed E-state index contributed by atoms with van der Waals surface area (Å²) in [6.45, 7) is 6.20. The number of aryl methyl sites for hydroxylation is 1. The molecule has 0 spiro atoms. The van der Waals surface area contributed by atoms with Crippen LogP contribution in [0.25, 0.3) is 0 Å². The molecule has 0 saturated heterocycles. The summed E-state index contributed by atoms with van der Waals surface area (Å²) >= 11 is 0. The van der Waals surface area contributed by atoms with E-state index >= 15 is 0 Å². The van der Waals surface area contributed by atoms with E-state index in [1.807, 2.05) is 19.1 Å². The quantitative estimate of drug-likeness (QED) is 0.690. The summed E-state index contributed by atoms with van der Waals surface area (Å²) < 4.78 is 0. The number of nitrogens with zero attached hydrogens (tertiary/aromatic N) is 2. The van der Waals surface area contributed by atoms with Gasteiger partial charge in [0.05, 0.1) is 11.3 Å². The second-order valence-corrected chi connectivity index (χ2v) is 3.65. The molecule has 2 heteroatoms. The van der Waals surface area contributed by atoms with Crippen LogP contribution >= 0.6 is 0 Å². The van der Waals surface area contributed by atoms with Crippen molar-refractivity contribution < 1.29 is 0 Å². The van der Waals surface area contributed by atoms with Crippen LogP contribution in [0.1, 0.15) is 30.8 Å². The summed E-state index contributed by atoms with van der Waals surface area (Å²) in [4.78, 5) is 4.36. The first kappa shape index (κ1) is 9.73. The zero-order valence-corrected chi connectivity index (χ0v) is 8.33. The molecule has 0 aliphatic carbocycles. The van der Waals surface area contributed by atoms with E-state index in [0.717, 1.165) is 17.8 Å². The van der Waals surface area contributed by atoms with Crippen LogP contribution in [-0.2, 0) is 6.42 Å². The molecule has 0 bridgehead atoms. The minimum atomic E-state index is 0.611. The standard InChI is InChI=1S/C11H14N2/c1-8(2)6-11-5-4-10(7-12)9(3)13-11/h4-5,8H,6H2,1-3H3. The highest BCUT2D eigenvalue weighted by molar-refractivity contribution is 5.33. The topological polar surface area (TPSA) is 36.7 Å². The molecule has 0 saturated carbocycles. The smallest absolute Gasteiger partial charge is 0.101 e. The maximum absolute atomic E-state index is 8.70. The summed E-state index contributed by atoms with van der Waals surface area (Å²) in [5.74, 6) is 0.611. The van der Waals surface area contributed by atoms with Gasteiger partial charge in [0.15, 0.2) is 0 Å². The minimum absolute atomic E-state index is 0.611. The SMILES string of the molecule is Cc1nc(CC(C)C)ccc1C#N. The Kier molecular flexibility index (Phi) is 3.02. The van der Waals surface area contributed by atoms with Crippen molar-refractivity contribution in [3.63, 3.8) is 0 Å². The molecule has 0 atom stereocenters. The molecule has 0 radical (unpaired) electrons. The molecule has 0 aromatic carbocycles. The van der Waals surface area contributed by atoms with Crippen LogP contribution in [-0.4, -0.2) is 4.98 Å². The van der Waals surface area contributed by atoms with Gasteiger partial charge >= 0.3 is 0 Å². The van der Waals surface area contributed by atoms with Crippen molar-refractivity contribution in [2.45, 2.75) is 27.2 Å². The van der Waals surface area contributed by atoms with E-state index in [9.17, 15) is 0 Å². The van der Waals surface area contributed by atoms with Gasteiger partial charge < -0.3 is 0 Å². The van der Waals surface area contributed by atoms with Crippen molar-refractivity contribution in [1.29, 1.82) is 5.26 Å². The fourth-order valence-electron chi connectivity index (χ4n) is 1.26. The van der Waals surface area contributed by atoms with Crippen LogP contribution in [0.5, 0.6) is 0 Å². The van der Waals surface area contributed by atoms with Crippen molar-refractivity contribution in [2.75, 3.05) is 0 Å². The van der Waals surface area contributed by atoms with Gasteiger partial charge in [-0.3, -0.25) is 4.98 Å². The normalized spacial score (nSPS) is 10.1. The molecule has 1 rings (SSSR count). The van der Waals surface area contributed by atoms with E-state index < -0.39 is 0 Å². The first-order valence-corrected chi connectivity index (χ1v) is 4.50. The number of aromatic nitrogens is 1. The molecule has 0 N–H and O–H groups in total. The van der Waals surface area contributed by atoms with Gasteiger partial charge in [0.2, 0.25) is 0 Å². The molecule has 0 aliphatic rings. The Morgan fingerprint density at radius 2 is 2.15 bits per heavy atom. The van der Waals surface area contributed by atoms with Crippen molar-refractivity contribution in [3.8, 4) is 6.07 Å². The van der Waals surface area contributed by atoms with Gasteiger partial charge in [0, 0.05) is 5.69 Å². The minimum Gasteiger partial charge on any atom is -0.257 e. The number of rotatable bonds is 2. The number of hydrogen-bond acceptors (Lipinski definition) is 2. The van der Waals surface area contributed by atoms with E-state index in [1.54, 1.807) is 0 Å². The summed E-state index contributed by atoms with van der Waals surface area (Å²) in [7, 11) is 0. The third-order valence-electron chi connectivity index (χ3n) is 1.88. The molecular formula is C11H14N2. The Morgan fingerprint density at radius 1 is 1.46 bits per heavy atom. The lowest BCUT2D eigenvalue weighted by molar-refractivity contribution is 0.634. The largest absolute Gasteiger partial charge is 0.257 e. The zero-order chi connectivity index (χ0) is 9.84. The van der Waals surface area contributed by atoms with Gasteiger partial charge in [-0.1, -0.05) is 13.8 Å². The Morgan fingerprint density at radius 3 is 2.62 bits per heavy atom. The molecule has 0 amide bonds. The van der Waals surface area contributed by atoms with Crippen LogP contribution in [0.15, 0.2) is 12.1 Å². The molecule has 1 aromatic heterocycles. The van der Waals surface area contributed by atoms with E-state index in [4.69, 9.17) is 5.26 Å². The van der Waals surface area contributed by atoms with Crippen molar-refractivity contribution >= 4 is 0 Å². The van der Waals surface area contributed by atoms with E-state index in [-0.39, 0.29) is 0 Å². The highest BCUT2D eigenvalue weighted by atomic mass is 14.7. The van der Waals surface area contributed by atoms with Gasteiger partial charge in [-0.2, -0.15) is 5.26 Å². The molecular weight excluding hydrogens is 160 g/mol. The van der Waals surface area contributed by atoms with Crippen LogP contribution < -0.4 is 0 Å². The average molecular weight is 174 g/mol. The first-order valence-electron chi connectivity index (χ1n) is 4.50. The van der Waals surface area contributed by atoms with Gasteiger partial charge in [0.1, 0.15) is 6.07 Å². The highest BCUT2D eigenvalue weighted by Gasteiger charge is 2.02. The van der Waals surface area contributed by atoms with Gasteiger partial charge in [-0.15, -0.1) is 0 Å². The molecule has 1 heterocycles. The van der Waals surface area contributed by atoms with Crippen LogP contribution in [0, 0.1) is 24.2 Å². The Hall–Kier alpha value is -1.36. The fraction of sp³-hybridized carbons (Fsp3) is 0.455. The number of nitriles is 1. The lowest BCUT2D eigenvalue weighted by Gasteiger charge is -2.05. The predicted molar refractivity (Wildman–Crippen MR) is 52.2 cm³/mol. The number of hydrogen-bond donors (Lipinski definition) is 0. The van der Waals surface area contributed by atoms with Gasteiger partial charge in [0.25, 0.3) is 0 Å². The summed E-state index contributed by atoms with van der Waals surface area (Å²) in [5, 5.41) is 8.70. The van der Waals surface area contributed by atoms with Crippen molar-refractivity contribution in [1.82, 2.24) is 4.98 Å². The van der Waals surface area contributed by atoms with Crippen molar-refractivity contribution in [2.24, 2.45) is 5.92 Å². The summed E-state index contributed by atoms with van der Waals surface area (Å²) in [6.07, 6.45) is 0.979.